The first-order valence-electron chi connectivity index (χ1n) is 5.20. The molecule has 0 radical (unpaired) electrons. The van der Waals surface area contributed by atoms with Crippen molar-refractivity contribution in [2.75, 3.05) is 26.3 Å². The Morgan fingerprint density at radius 3 is 2.77 bits per heavy atom. The molecule has 2 nitrogen and oxygen atoms in total. The summed E-state index contributed by atoms with van der Waals surface area (Å²) in [5, 5.41) is 3.45. The van der Waals surface area contributed by atoms with Crippen molar-refractivity contribution in [1.29, 1.82) is 0 Å². The highest BCUT2D eigenvalue weighted by Crippen LogP contribution is 2.35. The van der Waals surface area contributed by atoms with Gasteiger partial charge in [0.1, 0.15) is 0 Å². The summed E-state index contributed by atoms with van der Waals surface area (Å²) in [6, 6.07) is 0. The molecule has 1 N–H and O–H groups in total. The minimum Gasteiger partial charge on any atom is -0.377 e. The summed E-state index contributed by atoms with van der Waals surface area (Å²) in [5.74, 6) is 0. The third-order valence-electron chi connectivity index (χ3n) is 3.19. The van der Waals surface area contributed by atoms with Crippen LogP contribution in [-0.2, 0) is 4.74 Å². The van der Waals surface area contributed by atoms with Crippen LogP contribution in [-0.4, -0.2) is 26.3 Å². The highest BCUT2D eigenvalue weighted by molar-refractivity contribution is 5.25. The molecule has 0 aromatic carbocycles. The molecule has 0 saturated carbocycles. The Balaban J connectivity index is 2.23. The fraction of sp³-hybridized carbons (Fsp3) is 0.818. The largest absolute Gasteiger partial charge is 0.377 e. The second-order valence-electron chi connectivity index (χ2n) is 4.70. The van der Waals surface area contributed by atoms with E-state index in [1.807, 2.05) is 0 Å². The first-order chi connectivity index (χ1) is 6.20. The van der Waals surface area contributed by atoms with E-state index < -0.39 is 0 Å². The molecule has 2 fully saturated rings. The number of hydrogen-bond acceptors (Lipinski definition) is 2. The monoisotopic (exact) mass is 181 g/mol. The maximum absolute atomic E-state index is 5.43. The van der Waals surface area contributed by atoms with Crippen molar-refractivity contribution in [1.82, 2.24) is 5.32 Å². The lowest BCUT2D eigenvalue weighted by molar-refractivity contribution is 0.203. The molecule has 2 heteroatoms. The van der Waals surface area contributed by atoms with E-state index in [4.69, 9.17) is 4.74 Å². The first-order valence-corrected chi connectivity index (χ1v) is 5.20. The standard InChI is InChI=1S/C11H19NO/c1-11(2)8-12-5-3-10(11)9-4-6-13-7-9/h12H,3-8H2,1-2H3/b10-9+. The third kappa shape index (κ3) is 1.79. The van der Waals surface area contributed by atoms with Crippen LogP contribution in [0.2, 0.25) is 0 Å². The van der Waals surface area contributed by atoms with Crippen LogP contribution in [0.3, 0.4) is 0 Å². The molecule has 0 spiro atoms. The molecule has 2 aliphatic heterocycles. The van der Waals surface area contributed by atoms with Gasteiger partial charge in [-0.05, 0) is 30.4 Å². The molecule has 2 rings (SSSR count). The van der Waals surface area contributed by atoms with Crippen LogP contribution in [0.25, 0.3) is 0 Å². The fourth-order valence-corrected chi connectivity index (χ4v) is 2.42. The molecule has 0 bridgehead atoms. The van der Waals surface area contributed by atoms with Crippen LogP contribution in [0, 0.1) is 5.41 Å². The first kappa shape index (κ1) is 9.22. The van der Waals surface area contributed by atoms with Gasteiger partial charge in [-0.25, -0.2) is 0 Å². The van der Waals surface area contributed by atoms with Gasteiger partial charge in [0, 0.05) is 6.54 Å². The highest BCUT2D eigenvalue weighted by atomic mass is 16.5. The minimum absolute atomic E-state index is 0.348. The summed E-state index contributed by atoms with van der Waals surface area (Å²) >= 11 is 0. The van der Waals surface area contributed by atoms with Gasteiger partial charge in [0.2, 0.25) is 0 Å². The maximum atomic E-state index is 5.43. The van der Waals surface area contributed by atoms with E-state index in [1.165, 1.54) is 12.8 Å². The molecule has 2 saturated heterocycles. The smallest absolute Gasteiger partial charge is 0.0680 e. The Morgan fingerprint density at radius 1 is 1.31 bits per heavy atom. The number of hydrogen-bond donors (Lipinski definition) is 1. The minimum atomic E-state index is 0.348. The average Bonchev–Trinajstić information content (AvgIpc) is 2.55. The van der Waals surface area contributed by atoms with Gasteiger partial charge < -0.3 is 10.1 Å². The van der Waals surface area contributed by atoms with Crippen LogP contribution in [0.5, 0.6) is 0 Å². The molecule has 2 heterocycles. The molecule has 0 aliphatic carbocycles. The summed E-state index contributed by atoms with van der Waals surface area (Å²) in [6.07, 6.45) is 2.38. The zero-order valence-corrected chi connectivity index (χ0v) is 8.65. The van der Waals surface area contributed by atoms with E-state index in [-0.39, 0.29) is 0 Å². The van der Waals surface area contributed by atoms with Crippen LogP contribution in [0.15, 0.2) is 11.1 Å². The van der Waals surface area contributed by atoms with Gasteiger partial charge in [0.05, 0.1) is 13.2 Å². The van der Waals surface area contributed by atoms with Crippen molar-refractivity contribution in [3.8, 4) is 0 Å². The molecular weight excluding hydrogens is 162 g/mol. The molecule has 13 heavy (non-hydrogen) atoms. The van der Waals surface area contributed by atoms with E-state index in [1.54, 1.807) is 11.1 Å². The van der Waals surface area contributed by atoms with E-state index in [0.29, 0.717) is 5.41 Å². The zero-order valence-electron chi connectivity index (χ0n) is 8.65. The predicted molar refractivity (Wildman–Crippen MR) is 53.7 cm³/mol. The molecule has 0 aromatic rings. The van der Waals surface area contributed by atoms with Gasteiger partial charge >= 0.3 is 0 Å². The van der Waals surface area contributed by atoms with Crippen molar-refractivity contribution in [2.45, 2.75) is 26.7 Å². The Labute approximate surface area is 80.4 Å². The maximum Gasteiger partial charge on any atom is 0.0680 e. The van der Waals surface area contributed by atoms with E-state index in [9.17, 15) is 0 Å². The molecule has 2 aliphatic rings. The highest BCUT2D eigenvalue weighted by Gasteiger charge is 2.29. The summed E-state index contributed by atoms with van der Waals surface area (Å²) in [4.78, 5) is 0. The summed E-state index contributed by atoms with van der Waals surface area (Å²) in [7, 11) is 0. The van der Waals surface area contributed by atoms with Gasteiger partial charge in [0.25, 0.3) is 0 Å². The Kier molecular flexibility index (Phi) is 2.43. The topological polar surface area (TPSA) is 21.3 Å². The molecule has 74 valence electrons. The van der Waals surface area contributed by atoms with Crippen molar-refractivity contribution in [3.63, 3.8) is 0 Å². The Bertz CT molecular complexity index is 222. The van der Waals surface area contributed by atoms with Crippen molar-refractivity contribution >= 4 is 0 Å². The van der Waals surface area contributed by atoms with Crippen LogP contribution >= 0.6 is 0 Å². The van der Waals surface area contributed by atoms with Crippen LogP contribution in [0.1, 0.15) is 26.7 Å². The number of piperidine rings is 1. The van der Waals surface area contributed by atoms with E-state index in [2.05, 4.69) is 19.2 Å². The second-order valence-corrected chi connectivity index (χ2v) is 4.70. The van der Waals surface area contributed by atoms with Gasteiger partial charge in [-0.2, -0.15) is 0 Å². The van der Waals surface area contributed by atoms with Crippen LogP contribution in [0.4, 0.5) is 0 Å². The molecule has 0 atom stereocenters. The molecular formula is C11H19NO. The van der Waals surface area contributed by atoms with Gasteiger partial charge in [-0.15, -0.1) is 0 Å². The summed E-state index contributed by atoms with van der Waals surface area (Å²) in [6.45, 7) is 8.74. The van der Waals surface area contributed by atoms with E-state index in [0.717, 1.165) is 26.3 Å². The summed E-state index contributed by atoms with van der Waals surface area (Å²) in [5.41, 5.74) is 3.58. The lowest BCUT2D eigenvalue weighted by Gasteiger charge is -2.35. The normalized spacial score (nSPS) is 33.7. The number of rotatable bonds is 0. The van der Waals surface area contributed by atoms with Gasteiger partial charge in [-0.1, -0.05) is 19.4 Å². The Morgan fingerprint density at radius 2 is 2.15 bits per heavy atom. The van der Waals surface area contributed by atoms with Crippen molar-refractivity contribution in [3.05, 3.63) is 11.1 Å². The average molecular weight is 181 g/mol. The lowest BCUT2D eigenvalue weighted by Crippen LogP contribution is -2.38. The van der Waals surface area contributed by atoms with Crippen molar-refractivity contribution in [2.24, 2.45) is 5.41 Å². The number of nitrogens with one attached hydrogen (secondary N) is 1. The van der Waals surface area contributed by atoms with Crippen LogP contribution < -0.4 is 5.32 Å². The quantitative estimate of drug-likeness (QED) is 0.575. The van der Waals surface area contributed by atoms with Gasteiger partial charge in [-0.3, -0.25) is 0 Å². The zero-order chi connectivity index (χ0) is 9.31. The molecule has 0 amide bonds. The lowest BCUT2D eigenvalue weighted by atomic mass is 9.77. The molecule has 0 unspecified atom stereocenters. The van der Waals surface area contributed by atoms with Crippen molar-refractivity contribution < 1.29 is 4.74 Å². The summed E-state index contributed by atoms with van der Waals surface area (Å²) < 4.78 is 5.43. The Hall–Kier alpha value is -0.340. The predicted octanol–water partition coefficient (Wildman–Crippen LogP) is 1.72. The SMILES string of the molecule is CC1(C)CNCC/C1=C1/CCOC1. The van der Waals surface area contributed by atoms with Gasteiger partial charge in [0.15, 0.2) is 0 Å². The third-order valence-corrected chi connectivity index (χ3v) is 3.19. The second kappa shape index (κ2) is 3.43. The molecule has 0 aromatic heterocycles. The number of ether oxygens (including phenoxy) is 1. The van der Waals surface area contributed by atoms with E-state index >= 15 is 0 Å². The fourth-order valence-electron chi connectivity index (χ4n) is 2.42.